The highest BCUT2D eigenvalue weighted by Gasteiger charge is 2.40. The van der Waals surface area contributed by atoms with E-state index in [0.29, 0.717) is 5.69 Å². The van der Waals surface area contributed by atoms with Crippen LogP contribution in [0.2, 0.25) is 0 Å². The average molecular weight is 450 g/mol. The summed E-state index contributed by atoms with van der Waals surface area (Å²) in [6.45, 7) is 2.72. The van der Waals surface area contributed by atoms with Crippen molar-refractivity contribution in [1.82, 2.24) is 19.5 Å². The fourth-order valence-electron chi connectivity index (χ4n) is 3.27. The summed E-state index contributed by atoms with van der Waals surface area (Å²) in [5.74, 6) is -2.81. The Kier molecular flexibility index (Phi) is 5.68. The Morgan fingerprint density at radius 2 is 1.88 bits per heavy atom. The number of nitrogens with one attached hydrogen (secondary N) is 1. The van der Waals surface area contributed by atoms with Crippen molar-refractivity contribution in [3.8, 4) is 5.69 Å². The zero-order valence-electron chi connectivity index (χ0n) is 17.0. The van der Waals surface area contributed by atoms with Crippen LogP contribution < -0.4 is 10.2 Å². The average Bonchev–Trinajstić information content (AvgIpc) is 3.36. The van der Waals surface area contributed by atoms with Gasteiger partial charge in [0.2, 0.25) is 5.95 Å². The molecule has 1 amide bonds. The summed E-state index contributed by atoms with van der Waals surface area (Å²) in [5.41, 5.74) is 0.715. The number of benzene rings is 1. The lowest BCUT2D eigenvalue weighted by Gasteiger charge is -2.22. The second-order valence-corrected chi connectivity index (χ2v) is 7.26. The second-order valence-electron chi connectivity index (χ2n) is 7.26. The fourth-order valence-corrected chi connectivity index (χ4v) is 3.27. The highest BCUT2D eigenvalue weighted by Crippen LogP contribution is 2.28. The molecule has 1 fully saturated rings. The Bertz CT molecular complexity index is 1130. The molecule has 32 heavy (non-hydrogen) atoms. The number of ether oxygens (including phenoxy) is 1. The molecule has 0 saturated carbocycles. The minimum absolute atomic E-state index is 0.0368. The second kappa shape index (κ2) is 8.44. The van der Waals surface area contributed by atoms with E-state index in [1.165, 1.54) is 17.8 Å². The van der Waals surface area contributed by atoms with Crippen LogP contribution in [0.3, 0.4) is 0 Å². The lowest BCUT2D eigenvalue weighted by molar-refractivity contribution is 0.174. The Morgan fingerprint density at radius 1 is 1.16 bits per heavy atom. The maximum Gasteiger partial charge on any atom is 0.416 e. The Morgan fingerprint density at radius 3 is 2.56 bits per heavy atom. The molecule has 0 spiro atoms. The maximum absolute atomic E-state index is 14.3. The minimum Gasteiger partial charge on any atom is -0.447 e. The number of rotatable bonds is 6. The topological polar surface area (TPSA) is 85.2 Å². The fraction of sp³-hybridized carbons (Fsp3) is 0.300. The van der Waals surface area contributed by atoms with Crippen LogP contribution in [-0.4, -0.2) is 44.4 Å². The standard InChI is InChI=1S/C20H18F4N6O2/c1-10(21)17-8-32-20(31)30(17)18-15(24)6-25-19(28-18)27-11(2)16-7-29(9-26-16)14-4-12(22)3-13(23)5-14/h3-7,9-11,17H,8H2,1-2H3,(H,25,27,28)/t10-,11-,17?/m0/s1. The number of hydrogen-bond donors (Lipinski definition) is 1. The molecular formula is C20H18F4N6O2. The van der Waals surface area contributed by atoms with Gasteiger partial charge >= 0.3 is 6.09 Å². The van der Waals surface area contributed by atoms with Gasteiger partial charge in [-0.1, -0.05) is 0 Å². The van der Waals surface area contributed by atoms with Crippen molar-refractivity contribution in [2.24, 2.45) is 0 Å². The molecule has 3 atom stereocenters. The van der Waals surface area contributed by atoms with Crippen molar-refractivity contribution in [2.75, 3.05) is 16.8 Å². The van der Waals surface area contributed by atoms with Crippen molar-refractivity contribution in [3.63, 3.8) is 0 Å². The van der Waals surface area contributed by atoms with Crippen molar-refractivity contribution in [2.45, 2.75) is 32.1 Å². The summed E-state index contributed by atoms with van der Waals surface area (Å²) in [5, 5.41) is 2.91. The third-order valence-corrected chi connectivity index (χ3v) is 4.93. The number of hydrogen-bond acceptors (Lipinski definition) is 6. The number of carbonyl (C=O) groups is 1. The van der Waals surface area contributed by atoms with E-state index in [-0.39, 0.29) is 18.2 Å². The monoisotopic (exact) mass is 450 g/mol. The summed E-state index contributed by atoms with van der Waals surface area (Å²) >= 11 is 0. The SMILES string of the molecule is C[C@H](Nc1ncc(F)c(N2C(=O)OCC2[C@H](C)F)n1)c1cn(-c2cc(F)cc(F)c2)cn1. The highest BCUT2D eigenvalue weighted by atomic mass is 19.1. The van der Waals surface area contributed by atoms with Gasteiger partial charge in [-0.05, 0) is 26.0 Å². The number of anilines is 2. The van der Waals surface area contributed by atoms with E-state index in [4.69, 9.17) is 4.74 Å². The van der Waals surface area contributed by atoms with E-state index in [0.717, 1.165) is 29.3 Å². The van der Waals surface area contributed by atoms with Gasteiger partial charge in [-0.15, -0.1) is 0 Å². The summed E-state index contributed by atoms with van der Waals surface area (Å²) in [7, 11) is 0. The molecular weight excluding hydrogens is 432 g/mol. The van der Waals surface area contributed by atoms with Crippen molar-refractivity contribution in [3.05, 3.63) is 60.1 Å². The molecule has 1 aromatic carbocycles. The Balaban J connectivity index is 1.56. The smallest absolute Gasteiger partial charge is 0.416 e. The summed E-state index contributed by atoms with van der Waals surface area (Å²) in [4.78, 5) is 24.9. The van der Waals surface area contributed by atoms with E-state index < -0.39 is 47.6 Å². The van der Waals surface area contributed by atoms with Crippen molar-refractivity contribution < 1.29 is 27.1 Å². The van der Waals surface area contributed by atoms with Crippen LogP contribution in [0.25, 0.3) is 5.69 Å². The van der Waals surface area contributed by atoms with E-state index in [9.17, 15) is 22.4 Å². The molecule has 1 unspecified atom stereocenters. The van der Waals surface area contributed by atoms with Crippen molar-refractivity contribution >= 4 is 17.9 Å². The number of amides is 1. The quantitative estimate of drug-likeness (QED) is 0.573. The van der Waals surface area contributed by atoms with Gasteiger partial charge in [0, 0.05) is 12.3 Å². The third-order valence-electron chi connectivity index (χ3n) is 4.93. The highest BCUT2D eigenvalue weighted by molar-refractivity contribution is 5.89. The first kappa shape index (κ1) is 21.5. The van der Waals surface area contributed by atoms with Crippen molar-refractivity contribution in [1.29, 1.82) is 0 Å². The molecule has 1 aliphatic rings. The molecule has 4 rings (SSSR count). The van der Waals surface area contributed by atoms with Gasteiger partial charge in [-0.2, -0.15) is 4.98 Å². The number of halogens is 4. The van der Waals surface area contributed by atoms with Gasteiger partial charge < -0.3 is 14.6 Å². The first-order valence-corrected chi connectivity index (χ1v) is 9.62. The van der Waals surface area contributed by atoms with Gasteiger partial charge in [-0.3, -0.25) is 0 Å². The first-order chi connectivity index (χ1) is 15.2. The van der Waals surface area contributed by atoms with Crippen LogP contribution in [0, 0.1) is 17.5 Å². The zero-order chi connectivity index (χ0) is 23.0. The summed E-state index contributed by atoms with van der Waals surface area (Å²) < 4.78 is 61.4. The molecule has 8 nitrogen and oxygen atoms in total. The molecule has 3 aromatic rings. The van der Waals surface area contributed by atoms with Gasteiger partial charge in [0.15, 0.2) is 11.6 Å². The van der Waals surface area contributed by atoms with Crippen LogP contribution in [-0.2, 0) is 4.74 Å². The van der Waals surface area contributed by atoms with Gasteiger partial charge in [0.25, 0.3) is 0 Å². The number of imidazole rings is 1. The van der Waals surface area contributed by atoms with Crippen LogP contribution in [0.1, 0.15) is 25.6 Å². The van der Waals surface area contributed by atoms with E-state index in [2.05, 4.69) is 20.3 Å². The van der Waals surface area contributed by atoms with Crippen LogP contribution in [0.15, 0.2) is 36.9 Å². The number of cyclic esters (lactones) is 1. The third kappa shape index (κ3) is 4.20. The predicted molar refractivity (Wildman–Crippen MR) is 106 cm³/mol. The molecule has 1 N–H and O–H groups in total. The number of nitrogens with zero attached hydrogens (tertiary/aromatic N) is 5. The van der Waals surface area contributed by atoms with Gasteiger partial charge in [-0.25, -0.2) is 37.2 Å². The molecule has 0 radical (unpaired) electrons. The molecule has 2 aromatic heterocycles. The molecule has 1 aliphatic heterocycles. The Hall–Kier alpha value is -3.70. The predicted octanol–water partition coefficient (Wildman–Crippen LogP) is 3.94. The summed E-state index contributed by atoms with van der Waals surface area (Å²) in [6, 6.07) is 1.55. The van der Waals surface area contributed by atoms with Crippen LogP contribution in [0.5, 0.6) is 0 Å². The van der Waals surface area contributed by atoms with E-state index in [1.54, 1.807) is 13.1 Å². The molecule has 1 saturated heterocycles. The lowest BCUT2D eigenvalue weighted by atomic mass is 10.2. The minimum atomic E-state index is -1.47. The molecule has 0 aliphatic carbocycles. The summed E-state index contributed by atoms with van der Waals surface area (Å²) in [6.07, 6.45) is 1.41. The van der Waals surface area contributed by atoms with Gasteiger partial charge in [0.1, 0.15) is 30.5 Å². The first-order valence-electron chi connectivity index (χ1n) is 9.62. The zero-order valence-corrected chi connectivity index (χ0v) is 17.0. The number of alkyl halides is 1. The number of carbonyl (C=O) groups excluding carboxylic acids is 1. The maximum atomic E-state index is 14.3. The van der Waals surface area contributed by atoms with Gasteiger partial charge in [0.05, 0.1) is 29.9 Å². The van der Waals surface area contributed by atoms with Crippen LogP contribution >= 0.6 is 0 Å². The molecule has 0 bridgehead atoms. The lowest BCUT2D eigenvalue weighted by Crippen LogP contribution is -2.40. The number of aromatic nitrogens is 4. The Labute approximate surface area is 179 Å². The normalized spacial score (nSPS) is 17.9. The molecule has 168 valence electrons. The van der Waals surface area contributed by atoms with E-state index in [1.807, 2.05) is 0 Å². The largest absolute Gasteiger partial charge is 0.447 e. The van der Waals surface area contributed by atoms with E-state index >= 15 is 0 Å². The van der Waals surface area contributed by atoms with Crippen LogP contribution in [0.4, 0.5) is 34.1 Å². The molecule has 3 heterocycles. The molecule has 12 heteroatoms.